The number of carbonyl (C=O) groups is 2. The first-order chi connectivity index (χ1) is 7.66. The number of carboxylic acids is 1. The van der Waals surface area contributed by atoms with Crippen LogP contribution in [-0.2, 0) is 11.3 Å². The lowest BCUT2D eigenvalue weighted by Gasteiger charge is -2.11. The maximum absolute atomic E-state index is 11.1. The van der Waals surface area contributed by atoms with Crippen LogP contribution < -0.4 is 0 Å². The molecule has 1 N–H and O–H groups in total. The Labute approximate surface area is 91.5 Å². The Morgan fingerprint density at radius 2 is 2.38 bits per heavy atom. The number of nitrogens with zero attached hydrogens (tertiary/aromatic N) is 2. The molecule has 0 spiro atoms. The first-order valence-corrected chi connectivity index (χ1v) is 4.77. The van der Waals surface area contributed by atoms with E-state index in [1.54, 1.807) is 6.07 Å². The molecule has 1 aromatic heterocycles. The first kappa shape index (κ1) is 10.4. The van der Waals surface area contributed by atoms with Crippen molar-refractivity contribution in [3.63, 3.8) is 0 Å². The number of aromatic carboxylic acids is 1. The van der Waals surface area contributed by atoms with Gasteiger partial charge in [-0.2, -0.15) is 0 Å². The second-order valence-electron chi connectivity index (χ2n) is 3.38. The van der Waals surface area contributed by atoms with Gasteiger partial charge in [-0.3, -0.25) is 9.88 Å². The Bertz CT molecular complexity index is 415. The quantitative estimate of drug-likeness (QED) is 0.815. The van der Waals surface area contributed by atoms with Crippen LogP contribution in [0.1, 0.15) is 16.1 Å². The van der Waals surface area contributed by atoms with Crippen molar-refractivity contribution in [2.75, 3.05) is 13.2 Å². The molecule has 1 aliphatic heterocycles. The molecule has 2 heterocycles. The summed E-state index contributed by atoms with van der Waals surface area (Å²) in [6, 6.07) is 3.06. The van der Waals surface area contributed by atoms with E-state index < -0.39 is 5.97 Å². The van der Waals surface area contributed by atoms with Crippen molar-refractivity contribution in [2.24, 2.45) is 0 Å². The van der Waals surface area contributed by atoms with Crippen molar-refractivity contribution >= 4 is 12.1 Å². The lowest BCUT2D eigenvalue weighted by Crippen LogP contribution is -2.24. The molecular weight excluding hydrogens is 212 g/mol. The van der Waals surface area contributed by atoms with Gasteiger partial charge in [-0.15, -0.1) is 0 Å². The van der Waals surface area contributed by atoms with Gasteiger partial charge in [0.1, 0.15) is 6.61 Å². The van der Waals surface area contributed by atoms with Gasteiger partial charge in [0.25, 0.3) is 0 Å². The summed E-state index contributed by atoms with van der Waals surface area (Å²) in [5, 5.41) is 8.68. The highest BCUT2D eigenvalue weighted by Crippen LogP contribution is 2.09. The van der Waals surface area contributed by atoms with E-state index in [4.69, 9.17) is 9.84 Å². The zero-order valence-electron chi connectivity index (χ0n) is 8.42. The summed E-state index contributed by atoms with van der Waals surface area (Å²) in [6.45, 7) is 1.28. The molecule has 1 saturated heterocycles. The van der Waals surface area contributed by atoms with Crippen LogP contribution in [0.3, 0.4) is 0 Å². The summed E-state index contributed by atoms with van der Waals surface area (Å²) >= 11 is 0. The zero-order chi connectivity index (χ0) is 11.5. The molecule has 84 valence electrons. The van der Waals surface area contributed by atoms with E-state index in [9.17, 15) is 9.59 Å². The molecule has 16 heavy (non-hydrogen) atoms. The fourth-order valence-corrected chi connectivity index (χ4v) is 1.41. The minimum Gasteiger partial charge on any atom is -0.478 e. The molecule has 0 saturated carbocycles. The highest BCUT2D eigenvalue weighted by Gasteiger charge is 2.22. The first-order valence-electron chi connectivity index (χ1n) is 4.77. The van der Waals surface area contributed by atoms with Crippen LogP contribution in [0.5, 0.6) is 0 Å². The molecule has 0 aromatic carbocycles. The summed E-state index contributed by atoms with van der Waals surface area (Å²) in [5.74, 6) is -1.01. The minimum atomic E-state index is -1.01. The average molecular weight is 222 g/mol. The number of cyclic esters (lactones) is 1. The SMILES string of the molecule is O=C(O)c1ccc(CN2CCOC2=O)nc1. The molecule has 1 amide bonds. The maximum Gasteiger partial charge on any atom is 0.410 e. The number of rotatable bonds is 3. The average Bonchev–Trinajstić information content (AvgIpc) is 2.65. The third kappa shape index (κ3) is 2.10. The number of ether oxygens (including phenoxy) is 1. The van der Waals surface area contributed by atoms with Gasteiger partial charge in [0.15, 0.2) is 0 Å². The van der Waals surface area contributed by atoms with E-state index in [0.717, 1.165) is 0 Å². The van der Waals surface area contributed by atoms with Crippen molar-refractivity contribution < 1.29 is 19.4 Å². The van der Waals surface area contributed by atoms with Crippen LogP contribution in [0.15, 0.2) is 18.3 Å². The van der Waals surface area contributed by atoms with Crippen molar-refractivity contribution in [1.29, 1.82) is 0 Å². The Balaban J connectivity index is 2.05. The standard InChI is InChI=1S/C10H10N2O4/c13-9(14)7-1-2-8(11-5-7)6-12-3-4-16-10(12)15/h1-2,5H,3-4,6H2,(H,13,14). The van der Waals surface area contributed by atoms with Gasteiger partial charge >= 0.3 is 12.1 Å². The fraction of sp³-hybridized carbons (Fsp3) is 0.300. The lowest BCUT2D eigenvalue weighted by molar-refractivity contribution is 0.0696. The van der Waals surface area contributed by atoms with Crippen molar-refractivity contribution in [1.82, 2.24) is 9.88 Å². The Kier molecular flexibility index (Phi) is 2.72. The largest absolute Gasteiger partial charge is 0.478 e. The van der Waals surface area contributed by atoms with Gasteiger partial charge in [0.2, 0.25) is 0 Å². The number of carboxylic acid groups (broad SMARTS) is 1. The van der Waals surface area contributed by atoms with Gasteiger partial charge in [-0.25, -0.2) is 9.59 Å². The van der Waals surface area contributed by atoms with Gasteiger partial charge in [-0.05, 0) is 12.1 Å². The van der Waals surface area contributed by atoms with Crippen LogP contribution in [-0.4, -0.2) is 40.2 Å². The van der Waals surface area contributed by atoms with Crippen LogP contribution >= 0.6 is 0 Å². The number of amides is 1. The van der Waals surface area contributed by atoms with E-state index in [2.05, 4.69) is 4.98 Å². The zero-order valence-corrected chi connectivity index (χ0v) is 8.42. The summed E-state index contributed by atoms with van der Waals surface area (Å²) in [7, 11) is 0. The molecule has 6 heteroatoms. The summed E-state index contributed by atoms with van der Waals surface area (Å²) in [5.41, 5.74) is 0.775. The van der Waals surface area contributed by atoms with Crippen LogP contribution in [0.25, 0.3) is 0 Å². The molecule has 0 radical (unpaired) electrons. The number of hydrogen-bond acceptors (Lipinski definition) is 4. The van der Waals surface area contributed by atoms with E-state index in [1.807, 2.05) is 0 Å². The maximum atomic E-state index is 11.1. The molecule has 0 unspecified atom stereocenters. The minimum absolute atomic E-state index is 0.132. The molecule has 0 aliphatic carbocycles. The second kappa shape index (κ2) is 4.18. The Morgan fingerprint density at radius 3 is 2.88 bits per heavy atom. The van der Waals surface area contributed by atoms with Gasteiger partial charge in [-0.1, -0.05) is 0 Å². The third-order valence-corrected chi connectivity index (χ3v) is 2.27. The normalized spacial score (nSPS) is 15.0. The second-order valence-corrected chi connectivity index (χ2v) is 3.38. The van der Waals surface area contributed by atoms with E-state index in [-0.39, 0.29) is 11.7 Å². The summed E-state index contributed by atoms with van der Waals surface area (Å²) in [4.78, 5) is 27.2. The van der Waals surface area contributed by atoms with Gasteiger partial charge in [0, 0.05) is 6.20 Å². The molecule has 6 nitrogen and oxygen atoms in total. The number of carbonyl (C=O) groups excluding carboxylic acids is 1. The van der Waals surface area contributed by atoms with Crippen molar-refractivity contribution in [2.45, 2.75) is 6.54 Å². The van der Waals surface area contributed by atoms with E-state index in [0.29, 0.717) is 25.4 Å². The molecule has 1 aromatic rings. The highest BCUT2D eigenvalue weighted by atomic mass is 16.6. The molecular formula is C10H10N2O4. The predicted octanol–water partition coefficient (Wildman–Crippen LogP) is 0.732. The third-order valence-electron chi connectivity index (χ3n) is 2.27. The molecule has 1 aliphatic rings. The van der Waals surface area contributed by atoms with Gasteiger partial charge in [0.05, 0.1) is 24.3 Å². The predicted molar refractivity (Wildman–Crippen MR) is 53.0 cm³/mol. The van der Waals surface area contributed by atoms with E-state index >= 15 is 0 Å². The molecule has 1 fully saturated rings. The van der Waals surface area contributed by atoms with E-state index in [1.165, 1.54) is 17.2 Å². The lowest BCUT2D eigenvalue weighted by atomic mass is 10.2. The fourth-order valence-electron chi connectivity index (χ4n) is 1.41. The topological polar surface area (TPSA) is 79.7 Å². The van der Waals surface area contributed by atoms with Crippen molar-refractivity contribution in [3.8, 4) is 0 Å². The monoisotopic (exact) mass is 222 g/mol. The van der Waals surface area contributed by atoms with Crippen LogP contribution in [0, 0.1) is 0 Å². The summed E-state index contributed by atoms with van der Waals surface area (Å²) in [6.07, 6.45) is 0.920. The molecule has 0 bridgehead atoms. The number of aromatic nitrogens is 1. The number of pyridine rings is 1. The molecule has 2 rings (SSSR count). The smallest absolute Gasteiger partial charge is 0.410 e. The van der Waals surface area contributed by atoms with Crippen LogP contribution in [0.4, 0.5) is 4.79 Å². The van der Waals surface area contributed by atoms with Crippen LogP contribution in [0.2, 0.25) is 0 Å². The Morgan fingerprint density at radius 1 is 1.56 bits per heavy atom. The van der Waals surface area contributed by atoms with Gasteiger partial charge < -0.3 is 9.84 Å². The highest BCUT2D eigenvalue weighted by molar-refractivity contribution is 5.87. The number of hydrogen-bond donors (Lipinski definition) is 1. The summed E-state index contributed by atoms with van der Waals surface area (Å²) < 4.78 is 4.76. The molecule has 0 atom stereocenters. The van der Waals surface area contributed by atoms with Crippen molar-refractivity contribution in [3.05, 3.63) is 29.6 Å². The Hall–Kier alpha value is -2.11.